The van der Waals surface area contributed by atoms with Gasteiger partial charge in [0.2, 0.25) is 11.7 Å². The highest BCUT2D eigenvalue weighted by atomic mass is 16.5. The van der Waals surface area contributed by atoms with Crippen LogP contribution in [0.4, 0.5) is 5.69 Å². The summed E-state index contributed by atoms with van der Waals surface area (Å²) in [6.07, 6.45) is 1.59. The first-order valence-electron chi connectivity index (χ1n) is 8.11. The Kier molecular flexibility index (Phi) is 4.94. The Hall–Kier alpha value is -3.61. The van der Waals surface area contributed by atoms with Crippen molar-refractivity contribution in [2.24, 2.45) is 0 Å². The fourth-order valence-corrected chi connectivity index (χ4v) is 2.89. The molecule has 0 bridgehead atoms. The molecule has 0 saturated carbocycles. The van der Waals surface area contributed by atoms with Crippen LogP contribution in [0.5, 0.6) is 11.5 Å². The molecule has 1 amide bonds. The van der Waals surface area contributed by atoms with Gasteiger partial charge in [-0.05, 0) is 35.9 Å². The number of carboxylic acids is 1. The van der Waals surface area contributed by atoms with E-state index in [1.807, 2.05) is 0 Å². The van der Waals surface area contributed by atoms with Gasteiger partial charge in [0, 0.05) is 12.5 Å². The minimum Gasteiger partial charge on any atom is -0.493 e. The highest BCUT2D eigenvalue weighted by molar-refractivity contribution is 6.26. The first-order chi connectivity index (χ1) is 12.9. The molecule has 27 heavy (non-hydrogen) atoms. The van der Waals surface area contributed by atoms with Crippen LogP contribution in [0.25, 0.3) is 6.08 Å². The average molecular weight is 367 g/mol. The van der Waals surface area contributed by atoms with Crippen LogP contribution >= 0.6 is 0 Å². The Morgan fingerprint density at radius 3 is 2.56 bits per heavy atom. The van der Waals surface area contributed by atoms with Gasteiger partial charge in [-0.25, -0.2) is 4.79 Å². The topological polar surface area (TPSA) is 93.1 Å². The Labute approximate surface area is 155 Å². The highest BCUT2D eigenvalue weighted by Crippen LogP contribution is 2.36. The van der Waals surface area contributed by atoms with Gasteiger partial charge in [0.25, 0.3) is 0 Å². The number of amides is 1. The number of carboxylic acid groups (broad SMARTS) is 1. The second-order valence-electron chi connectivity index (χ2n) is 5.82. The van der Waals surface area contributed by atoms with E-state index in [4.69, 9.17) is 14.6 Å². The van der Waals surface area contributed by atoms with E-state index in [0.29, 0.717) is 22.6 Å². The largest absolute Gasteiger partial charge is 0.493 e. The van der Waals surface area contributed by atoms with E-state index in [1.54, 1.807) is 48.5 Å². The number of allylic oxidation sites excluding steroid dienone is 1. The lowest BCUT2D eigenvalue weighted by Crippen LogP contribution is -2.25. The quantitative estimate of drug-likeness (QED) is 0.817. The van der Waals surface area contributed by atoms with Crippen molar-refractivity contribution < 1.29 is 29.0 Å². The SMILES string of the molecule is COc1cc(/C=C2/C(=O)c3ccccc3N2C(C)=O)ccc1OCC(=O)O. The van der Waals surface area contributed by atoms with Crippen LogP contribution in [0, 0.1) is 0 Å². The van der Waals surface area contributed by atoms with E-state index in [9.17, 15) is 14.4 Å². The fourth-order valence-electron chi connectivity index (χ4n) is 2.89. The van der Waals surface area contributed by atoms with Crippen molar-refractivity contribution in [1.82, 2.24) is 0 Å². The summed E-state index contributed by atoms with van der Waals surface area (Å²) in [4.78, 5) is 36.9. The lowest BCUT2D eigenvalue weighted by atomic mass is 10.1. The maximum absolute atomic E-state index is 12.7. The third kappa shape index (κ3) is 3.52. The van der Waals surface area contributed by atoms with E-state index in [0.717, 1.165) is 0 Å². The van der Waals surface area contributed by atoms with Gasteiger partial charge in [-0.2, -0.15) is 0 Å². The molecule has 1 aliphatic heterocycles. The summed E-state index contributed by atoms with van der Waals surface area (Å²) in [5, 5.41) is 8.73. The summed E-state index contributed by atoms with van der Waals surface area (Å²) in [6, 6.07) is 11.7. The summed E-state index contributed by atoms with van der Waals surface area (Å²) in [5.41, 5.74) is 1.86. The molecule has 1 aliphatic rings. The van der Waals surface area contributed by atoms with Crippen molar-refractivity contribution in [1.29, 1.82) is 0 Å². The summed E-state index contributed by atoms with van der Waals surface area (Å²) >= 11 is 0. The molecule has 1 heterocycles. The van der Waals surface area contributed by atoms with Gasteiger partial charge < -0.3 is 14.6 Å². The second kappa shape index (κ2) is 7.33. The molecule has 7 nitrogen and oxygen atoms in total. The number of fused-ring (bicyclic) bond motifs is 1. The highest BCUT2D eigenvalue weighted by Gasteiger charge is 2.34. The van der Waals surface area contributed by atoms with Gasteiger partial charge in [-0.3, -0.25) is 14.5 Å². The van der Waals surface area contributed by atoms with Gasteiger partial charge >= 0.3 is 5.97 Å². The number of nitrogens with zero attached hydrogens (tertiary/aromatic N) is 1. The minimum atomic E-state index is -1.10. The van der Waals surface area contributed by atoms with Crippen molar-refractivity contribution >= 4 is 29.4 Å². The molecular formula is C20H17NO6. The number of benzene rings is 2. The molecule has 3 rings (SSSR count). The number of ketones is 1. The van der Waals surface area contributed by atoms with Crippen molar-refractivity contribution in [3.05, 3.63) is 59.3 Å². The number of para-hydroxylation sites is 1. The molecule has 0 saturated heterocycles. The summed E-state index contributed by atoms with van der Waals surface area (Å²) in [5.74, 6) is -1.02. The van der Waals surface area contributed by atoms with Crippen molar-refractivity contribution in [2.75, 3.05) is 18.6 Å². The smallest absolute Gasteiger partial charge is 0.341 e. The number of carbonyl (C=O) groups is 3. The normalized spacial score (nSPS) is 14.2. The molecule has 2 aromatic carbocycles. The molecule has 0 unspecified atom stereocenters. The van der Waals surface area contributed by atoms with Crippen LogP contribution < -0.4 is 14.4 Å². The average Bonchev–Trinajstić information content (AvgIpc) is 2.93. The number of anilines is 1. The predicted octanol–water partition coefficient (Wildman–Crippen LogP) is 2.75. The van der Waals surface area contributed by atoms with Crippen molar-refractivity contribution in [3.8, 4) is 11.5 Å². The van der Waals surface area contributed by atoms with E-state index in [1.165, 1.54) is 18.9 Å². The van der Waals surface area contributed by atoms with Gasteiger partial charge in [-0.1, -0.05) is 18.2 Å². The molecule has 0 radical (unpaired) electrons. The predicted molar refractivity (Wildman–Crippen MR) is 98.0 cm³/mol. The monoisotopic (exact) mass is 367 g/mol. The summed E-state index contributed by atoms with van der Waals surface area (Å²) < 4.78 is 10.4. The number of rotatable bonds is 5. The van der Waals surface area contributed by atoms with Gasteiger partial charge in [-0.15, -0.1) is 0 Å². The third-order valence-corrected chi connectivity index (χ3v) is 4.02. The van der Waals surface area contributed by atoms with Crippen LogP contribution in [0.2, 0.25) is 0 Å². The number of Topliss-reactive ketones (excluding diaryl/α,β-unsaturated/α-hetero) is 1. The lowest BCUT2D eigenvalue weighted by molar-refractivity contribution is -0.139. The third-order valence-electron chi connectivity index (χ3n) is 4.02. The molecule has 1 N–H and O–H groups in total. The van der Waals surface area contributed by atoms with E-state index >= 15 is 0 Å². The maximum Gasteiger partial charge on any atom is 0.341 e. The zero-order chi connectivity index (χ0) is 19.6. The number of hydrogen-bond acceptors (Lipinski definition) is 5. The number of aliphatic carboxylic acids is 1. The lowest BCUT2D eigenvalue weighted by Gasteiger charge is -2.16. The number of methoxy groups -OCH3 is 1. The van der Waals surface area contributed by atoms with Crippen LogP contribution in [0.3, 0.4) is 0 Å². The van der Waals surface area contributed by atoms with E-state index in [-0.39, 0.29) is 23.1 Å². The Morgan fingerprint density at radius 1 is 1.15 bits per heavy atom. The van der Waals surface area contributed by atoms with Crippen LogP contribution in [-0.2, 0) is 9.59 Å². The van der Waals surface area contributed by atoms with Crippen molar-refractivity contribution in [2.45, 2.75) is 6.92 Å². The molecule has 2 aromatic rings. The van der Waals surface area contributed by atoms with Gasteiger partial charge in [0.05, 0.1) is 18.5 Å². The van der Waals surface area contributed by atoms with Crippen LogP contribution in [0.1, 0.15) is 22.8 Å². The van der Waals surface area contributed by atoms with E-state index < -0.39 is 12.6 Å². The van der Waals surface area contributed by atoms with Crippen LogP contribution in [0.15, 0.2) is 48.2 Å². The van der Waals surface area contributed by atoms with Gasteiger partial charge in [0.15, 0.2) is 18.1 Å². The first-order valence-corrected chi connectivity index (χ1v) is 8.11. The fraction of sp³-hybridized carbons (Fsp3) is 0.150. The Bertz CT molecular complexity index is 963. The van der Waals surface area contributed by atoms with Gasteiger partial charge in [0.1, 0.15) is 0 Å². The Morgan fingerprint density at radius 2 is 1.89 bits per heavy atom. The van der Waals surface area contributed by atoms with Crippen molar-refractivity contribution in [3.63, 3.8) is 0 Å². The molecular weight excluding hydrogens is 350 g/mol. The molecule has 7 heteroatoms. The first kappa shape index (κ1) is 18.2. The number of carbonyl (C=O) groups excluding carboxylic acids is 2. The van der Waals surface area contributed by atoms with E-state index in [2.05, 4.69) is 0 Å². The molecule has 0 aliphatic carbocycles. The molecule has 0 spiro atoms. The zero-order valence-electron chi connectivity index (χ0n) is 14.8. The second-order valence-corrected chi connectivity index (χ2v) is 5.82. The molecule has 0 atom stereocenters. The minimum absolute atomic E-state index is 0.241. The maximum atomic E-state index is 12.7. The Balaban J connectivity index is 1.99. The van der Waals surface area contributed by atoms with Crippen LogP contribution in [-0.4, -0.2) is 36.5 Å². The molecule has 0 fully saturated rings. The number of hydrogen-bond donors (Lipinski definition) is 1. The molecule has 0 aromatic heterocycles. The standard InChI is InChI=1S/C20H17NO6/c1-12(22)21-15-6-4-3-5-14(15)20(25)16(21)9-13-7-8-17(18(10-13)26-2)27-11-19(23)24/h3-10H,11H2,1-2H3,(H,23,24)/b16-9-. The zero-order valence-corrected chi connectivity index (χ0v) is 14.8. The summed E-state index contributed by atoms with van der Waals surface area (Å²) in [6.45, 7) is 0.898. The summed E-state index contributed by atoms with van der Waals surface area (Å²) in [7, 11) is 1.43. The molecule has 138 valence electrons. The number of ether oxygens (including phenoxy) is 2.